The molecular weight excluding hydrogens is 362 g/mol. The van der Waals surface area contributed by atoms with Gasteiger partial charge in [0.15, 0.2) is 0 Å². The SMILES string of the molecule is CN(Cc1cccc2ccccc12)C(=O)CCNC(=O)c1ccc(F)cc1F. The second-order valence-electron chi connectivity index (χ2n) is 6.52. The van der Waals surface area contributed by atoms with E-state index >= 15 is 0 Å². The van der Waals surface area contributed by atoms with Gasteiger partial charge in [-0.25, -0.2) is 8.78 Å². The maximum absolute atomic E-state index is 13.6. The molecule has 0 unspecified atom stereocenters. The molecule has 3 rings (SSSR count). The smallest absolute Gasteiger partial charge is 0.254 e. The zero-order chi connectivity index (χ0) is 20.1. The number of hydrogen-bond acceptors (Lipinski definition) is 2. The molecule has 0 fully saturated rings. The van der Waals surface area contributed by atoms with Crippen molar-refractivity contribution in [1.82, 2.24) is 10.2 Å². The van der Waals surface area contributed by atoms with Gasteiger partial charge in [0.1, 0.15) is 11.6 Å². The number of carbonyl (C=O) groups excluding carboxylic acids is 2. The van der Waals surface area contributed by atoms with Crippen molar-refractivity contribution in [2.24, 2.45) is 0 Å². The molecule has 144 valence electrons. The van der Waals surface area contributed by atoms with E-state index in [2.05, 4.69) is 5.32 Å². The van der Waals surface area contributed by atoms with Crippen LogP contribution in [0.2, 0.25) is 0 Å². The Labute approximate surface area is 161 Å². The normalized spacial score (nSPS) is 10.7. The summed E-state index contributed by atoms with van der Waals surface area (Å²) in [6.45, 7) is 0.509. The van der Waals surface area contributed by atoms with Gasteiger partial charge in [0.05, 0.1) is 5.56 Å². The average molecular weight is 382 g/mol. The fourth-order valence-electron chi connectivity index (χ4n) is 3.02. The van der Waals surface area contributed by atoms with E-state index in [-0.39, 0.29) is 24.4 Å². The number of amides is 2. The van der Waals surface area contributed by atoms with Gasteiger partial charge in [0.25, 0.3) is 5.91 Å². The van der Waals surface area contributed by atoms with Crippen molar-refractivity contribution in [1.29, 1.82) is 0 Å². The molecule has 1 N–H and O–H groups in total. The number of nitrogens with one attached hydrogen (secondary N) is 1. The highest BCUT2D eigenvalue weighted by molar-refractivity contribution is 5.94. The summed E-state index contributed by atoms with van der Waals surface area (Å²) in [4.78, 5) is 25.9. The molecule has 0 atom stereocenters. The van der Waals surface area contributed by atoms with Crippen LogP contribution in [0.15, 0.2) is 60.7 Å². The van der Waals surface area contributed by atoms with Crippen LogP contribution in [0.25, 0.3) is 10.8 Å². The van der Waals surface area contributed by atoms with Crippen LogP contribution in [0.1, 0.15) is 22.3 Å². The first-order valence-corrected chi connectivity index (χ1v) is 8.89. The Kier molecular flexibility index (Phi) is 5.99. The number of hydrogen-bond donors (Lipinski definition) is 1. The van der Waals surface area contributed by atoms with Crippen LogP contribution >= 0.6 is 0 Å². The zero-order valence-electron chi connectivity index (χ0n) is 15.4. The highest BCUT2D eigenvalue weighted by Crippen LogP contribution is 2.19. The molecule has 2 amide bonds. The van der Waals surface area contributed by atoms with Crippen LogP contribution in [0, 0.1) is 11.6 Å². The van der Waals surface area contributed by atoms with Crippen LogP contribution in [-0.2, 0) is 11.3 Å². The third kappa shape index (κ3) is 4.52. The number of halogens is 2. The molecule has 0 radical (unpaired) electrons. The molecule has 0 saturated carbocycles. The summed E-state index contributed by atoms with van der Waals surface area (Å²) in [5.74, 6) is -2.51. The highest BCUT2D eigenvalue weighted by Gasteiger charge is 2.14. The molecule has 3 aromatic carbocycles. The number of fused-ring (bicyclic) bond motifs is 1. The lowest BCUT2D eigenvalue weighted by Gasteiger charge is -2.18. The van der Waals surface area contributed by atoms with Crippen molar-refractivity contribution < 1.29 is 18.4 Å². The van der Waals surface area contributed by atoms with E-state index in [0.717, 1.165) is 28.5 Å². The Morgan fingerprint density at radius 2 is 1.75 bits per heavy atom. The van der Waals surface area contributed by atoms with Crippen molar-refractivity contribution in [2.45, 2.75) is 13.0 Å². The van der Waals surface area contributed by atoms with Crippen LogP contribution in [0.5, 0.6) is 0 Å². The fraction of sp³-hybridized carbons (Fsp3) is 0.182. The molecule has 4 nitrogen and oxygen atoms in total. The summed E-state index contributed by atoms with van der Waals surface area (Å²) < 4.78 is 26.5. The number of carbonyl (C=O) groups is 2. The van der Waals surface area contributed by atoms with Crippen LogP contribution in [0.3, 0.4) is 0 Å². The molecule has 6 heteroatoms. The van der Waals surface area contributed by atoms with Crippen molar-refractivity contribution in [3.05, 3.63) is 83.4 Å². The van der Waals surface area contributed by atoms with Crippen molar-refractivity contribution in [2.75, 3.05) is 13.6 Å². The van der Waals surface area contributed by atoms with Crippen LogP contribution in [-0.4, -0.2) is 30.3 Å². The van der Waals surface area contributed by atoms with Gasteiger partial charge in [-0.1, -0.05) is 42.5 Å². The van der Waals surface area contributed by atoms with Gasteiger partial charge in [-0.3, -0.25) is 9.59 Å². The van der Waals surface area contributed by atoms with Gasteiger partial charge in [-0.2, -0.15) is 0 Å². The lowest BCUT2D eigenvalue weighted by atomic mass is 10.0. The fourth-order valence-corrected chi connectivity index (χ4v) is 3.02. The van der Waals surface area contributed by atoms with Crippen molar-refractivity contribution in [3.63, 3.8) is 0 Å². The minimum Gasteiger partial charge on any atom is -0.351 e. The standard InChI is InChI=1S/C22H20F2N2O2/c1-26(14-16-7-4-6-15-5-2-3-8-18(15)16)21(27)11-12-25-22(28)19-10-9-17(23)13-20(19)24/h2-10,13H,11-12,14H2,1H3,(H,25,28). The molecule has 0 heterocycles. The summed E-state index contributed by atoms with van der Waals surface area (Å²) in [6.07, 6.45) is 0.0792. The van der Waals surface area contributed by atoms with E-state index in [0.29, 0.717) is 12.6 Å². The highest BCUT2D eigenvalue weighted by atomic mass is 19.1. The minimum absolute atomic E-state index is 0.0638. The third-order valence-corrected chi connectivity index (χ3v) is 4.51. The summed E-state index contributed by atoms with van der Waals surface area (Å²) in [6, 6.07) is 16.6. The van der Waals surface area contributed by atoms with E-state index in [1.54, 1.807) is 11.9 Å². The molecule has 0 aliphatic carbocycles. The molecule has 0 aliphatic rings. The van der Waals surface area contributed by atoms with Gasteiger partial charge < -0.3 is 10.2 Å². The Morgan fingerprint density at radius 1 is 1.00 bits per heavy atom. The second kappa shape index (κ2) is 8.61. The molecule has 0 aliphatic heterocycles. The van der Waals surface area contributed by atoms with Crippen molar-refractivity contribution >= 4 is 22.6 Å². The number of benzene rings is 3. The average Bonchev–Trinajstić information content (AvgIpc) is 2.68. The topological polar surface area (TPSA) is 49.4 Å². The van der Waals surface area contributed by atoms with Gasteiger partial charge in [0.2, 0.25) is 5.91 Å². The Balaban J connectivity index is 1.55. The van der Waals surface area contributed by atoms with Gasteiger partial charge in [-0.15, -0.1) is 0 Å². The Hall–Kier alpha value is -3.28. The molecular formula is C22H20F2N2O2. The summed E-state index contributed by atoms with van der Waals surface area (Å²) in [5, 5.41) is 4.68. The third-order valence-electron chi connectivity index (χ3n) is 4.51. The van der Waals surface area contributed by atoms with Gasteiger partial charge in [0, 0.05) is 32.6 Å². The van der Waals surface area contributed by atoms with E-state index in [4.69, 9.17) is 0 Å². The largest absolute Gasteiger partial charge is 0.351 e. The van der Waals surface area contributed by atoms with Crippen LogP contribution in [0.4, 0.5) is 8.78 Å². The van der Waals surface area contributed by atoms with Gasteiger partial charge >= 0.3 is 0 Å². The minimum atomic E-state index is -0.933. The second-order valence-corrected chi connectivity index (χ2v) is 6.52. The maximum Gasteiger partial charge on any atom is 0.254 e. The lowest BCUT2D eigenvalue weighted by molar-refractivity contribution is -0.130. The zero-order valence-corrected chi connectivity index (χ0v) is 15.4. The van der Waals surface area contributed by atoms with E-state index in [1.807, 2.05) is 42.5 Å². The molecule has 0 saturated heterocycles. The van der Waals surface area contributed by atoms with Crippen LogP contribution < -0.4 is 5.32 Å². The molecule has 3 aromatic rings. The number of nitrogens with zero attached hydrogens (tertiary/aromatic N) is 1. The summed E-state index contributed by atoms with van der Waals surface area (Å²) in [5.41, 5.74) is 0.782. The number of rotatable bonds is 6. The molecule has 0 aromatic heterocycles. The van der Waals surface area contributed by atoms with E-state index in [9.17, 15) is 18.4 Å². The molecule has 0 bridgehead atoms. The summed E-state index contributed by atoms with van der Waals surface area (Å²) in [7, 11) is 1.70. The monoisotopic (exact) mass is 382 g/mol. The van der Waals surface area contributed by atoms with Crippen molar-refractivity contribution in [3.8, 4) is 0 Å². The first-order chi connectivity index (χ1) is 13.5. The van der Waals surface area contributed by atoms with Gasteiger partial charge in [-0.05, 0) is 28.5 Å². The lowest BCUT2D eigenvalue weighted by Crippen LogP contribution is -2.32. The molecule has 28 heavy (non-hydrogen) atoms. The van der Waals surface area contributed by atoms with E-state index in [1.165, 1.54) is 0 Å². The Morgan fingerprint density at radius 3 is 2.54 bits per heavy atom. The summed E-state index contributed by atoms with van der Waals surface area (Å²) >= 11 is 0. The van der Waals surface area contributed by atoms with E-state index < -0.39 is 17.5 Å². The quantitative estimate of drug-likeness (QED) is 0.703. The predicted molar refractivity (Wildman–Crippen MR) is 104 cm³/mol. The maximum atomic E-state index is 13.6. The first kappa shape index (κ1) is 19.5. The predicted octanol–water partition coefficient (Wildman–Crippen LogP) is 3.90. The Bertz CT molecular complexity index is 1020. The first-order valence-electron chi connectivity index (χ1n) is 8.89. The molecule has 0 spiro atoms.